The Morgan fingerprint density at radius 2 is 2.14 bits per heavy atom. The zero-order valence-electron chi connectivity index (χ0n) is 12.5. The van der Waals surface area contributed by atoms with E-state index in [-0.39, 0.29) is 11.9 Å². The van der Waals surface area contributed by atoms with Gasteiger partial charge >= 0.3 is 0 Å². The Hall–Kier alpha value is -1.37. The molecule has 5 nitrogen and oxygen atoms in total. The molecule has 3 heterocycles. The van der Waals surface area contributed by atoms with Crippen LogP contribution in [-0.2, 0) is 11.3 Å². The Bertz CT molecular complexity index is 619. The molecule has 0 saturated carbocycles. The highest BCUT2D eigenvalue weighted by molar-refractivity contribution is 7.16. The van der Waals surface area contributed by atoms with Crippen LogP contribution in [0.25, 0.3) is 0 Å². The number of thiophene rings is 1. The largest absolute Gasteiger partial charge is 0.338 e. The molecule has 1 atom stereocenters. The second-order valence-corrected chi connectivity index (χ2v) is 7.29. The van der Waals surface area contributed by atoms with Crippen molar-refractivity contribution in [3.05, 3.63) is 40.1 Å². The van der Waals surface area contributed by atoms with Crippen molar-refractivity contribution in [1.29, 1.82) is 0 Å². The molecule has 0 radical (unpaired) electrons. The van der Waals surface area contributed by atoms with E-state index in [4.69, 9.17) is 11.6 Å². The third kappa shape index (κ3) is 3.51. The number of carbonyl (C=O) groups excluding carboxylic acids is 1. The van der Waals surface area contributed by atoms with Gasteiger partial charge in [0.1, 0.15) is 6.04 Å². The highest BCUT2D eigenvalue weighted by Crippen LogP contribution is 2.23. The predicted molar refractivity (Wildman–Crippen MR) is 88.1 cm³/mol. The van der Waals surface area contributed by atoms with Gasteiger partial charge < -0.3 is 9.47 Å². The van der Waals surface area contributed by atoms with E-state index in [1.54, 1.807) is 23.9 Å². The standard InChI is InChI=1S/C15H19ClN4OS/c1-12(20-5-4-17-11-20)15(21)19-8-6-18(7-9-19)10-13-2-3-14(16)22-13/h2-5,11-12H,6-10H2,1H3. The van der Waals surface area contributed by atoms with Gasteiger partial charge in [-0.15, -0.1) is 11.3 Å². The van der Waals surface area contributed by atoms with Gasteiger partial charge in [0.15, 0.2) is 0 Å². The van der Waals surface area contributed by atoms with Crippen LogP contribution in [0.1, 0.15) is 17.8 Å². The van der Waals surface area contributed by atoms with Gasteiger partial charge in [-0.2, -0.15) is 0 Å². The maximum Gasteiger partial charge on any atom is 0.245 e. The summed E-state index contributed by atoms with van der Waals surface area (Å²) >= 11 is 7.59. The van der Waals surface area contributed by atoms with Gasteiger partial charge in [-0.05, 0) is 19.1 Å². The van der Waals surface area contributed by atoms with Crippen LogP contribution in [0.15, 0.2) is 30.9 Å². The van der Waals surface area contributed by atoms with E-state index in [2.05, 4.69) is 16.0 Å². The zero-order chi connectivity index (χ0) is 15.5. The lowest BCUT2D eigenvalue weighted by Gasteiger charge is -2.35. The number of piperazine rings is 1. The molecule has 0 aromatic carbocycles. The van der Waals surface area contributed by atoms with Crippen LogP contribution in [0, 0.1) is 0 Å². The van der Waals surface area contributed by atoms with Crippen LogP contribution in [0.5, 0.6) is 0 Å². The van der Waals surface area contributed by atoms with Crippen molar-refractivity contribution in [2.75, 3.05) is 26.2 Å². The SMILES string of the molecule is CC(C(=O)N1CCN(Cc2ccc(Cl)s2)CC1)n1ccnc1. The summed E-state index contributed by atoms with van der Waals surface area (Å²) in [5, 5.41) is 0. The number of imidazole rings is 1. The molecule has 0 N–H and O–H groups in total. The summed E-state index contributed by atoms with van der Waals surface area (Å²) in [6, 6.07) is 3.82. The molecule has 1 aliphatic rings. The summed E-state index contributed by atoms with van der Waals surface area (Å²) in [6.45, 7) is 6.18. The average molecular weight is 339 g/mol. The van der Waals surface area contributed by atoms with Gasteiger partial charge in [-0.1, -0.05) is 11.6 Å². The number of rotatable bonds is 4. The minimum Gasteiger partial charge on any atom is -0.338 e. The van der Waals surface area contributed by atoms with Crippen molar-refractivity contribution in [3.8, 4) is 0 Å². The number of hydrogen-bond acceptors (Lipinski definition) is 4. The molecule has 2 aromatic rings. The van der Waals surface area contributed by atoms with Crippen LogP contribution < -0.4 is 0 Å². The van der Waals surface area contributed by atoms with E-state index in [1.165, 1.54) is 4.88 Å². The number of carbonyl (C=O) groups is 1. The molecule has 0 bridgehead atoms. The van der Waals surface area contributed by atoms with E-state index in [0.29, 0.717) is 0 Å². The number of halogens is 1. The first-order valence-electron chi connectivity index (χ1n) is 7.36. The normalized spacial score (nSPS) is 17.6. The predicted octanol–water partition coefficient (Wildman–Crippen LogP) is 2.50. The maximum atomic E-state index is 12.5. The Morgan fingerprint density at radius 3 is 2.73 bits per heavy atom. The van der Waals surface area contributed by atoms with Gasteiger partial charge in [0.25, 0.3) is 0 Å². The van der Waals surface area contributed by atoms with E-state index in [0.717, 1.165) is 37.1 Å². The first kappa shape index (κ1) is 15.5. The second kappa shape index (κ2) is 6.81. The Balaban J connectivity index is 1.52. The maximum absolute atomic E-state index is 12.5. The molecular weight excluding hydrogens is 320 g/mol. The molecule has 22 heavy (non-hydrogen) atoms. The summed E-state index contributed by atoms with van der Waals surface area (Å²) in [5.74, 6) is 0.164. The van der Waals surface area contributed by atoms with Crippen molar-refractivity contribution in [2.24, 2.45) is 0 Å². The van der Waals surface area contributed by atoms with E-state index >= 15 is 0 Å². The molecule has 1 amide bonds. The molecule has 3 rings (SSSR count). The highest BCUT2D eigenvalue weighted by Gasteiger charge is 2.25. The molecular formula is C15H19ClN4OS. The number of nitrogens with zero attached hydrogens (tertiary/aromatic N) is 4. The van der Waals surface area contributed by atoms with Crippen molar-refractivity contribution in [1.82, 2.24) is 19.4 Å². The number of aromatic nitrogens is 2. The first-order chi connectivity index (χ1) is 10.6. The summed E-state index contributed by atoms with van der Waals surface area (Å²) in [4.78, 5) is 22.1. The second-order valence-electron chi connectivity index (χ2n) is 5.49. The Morgan fingerprint density at radius 1 is 1.36 bits per heavy atom. The fraction of sp³-hybridized carbons (Fsp3) is 0.467. The monoisotopic (exact) mass is 338 g/mol. The summed E-state index contributed by atoms with van der Waals surface area (Å²) in [6.07, 6.45) is 5.23. The van der Waals surface area contributed by atoms with E-state index in [9.17, 15) is 4.79 Å². The average Bonchev–Trinajstić information content (AvgIpc) is 3.18. The highest BCUT2D eigenvalue weighted by atomic mass is 35.5. The molecule has 1 unspecified atom stereocenters. The van der Waals surface area contributed by atoms with Gasteiger partial charge in [0.2, 0.25) is 5.91 Å². The van der Waals surface area contributed by atoms with Crippen LogP contribution in [0.3, 0.4) is 0 Å². The smallest absolute Gasteiger partial charge is 0.245 e. The molecule has 1 fully saturated rings. The molecule has 0 aliphatic carbocycles. The van der Waals surface area contributed by atoms with Crippen LogP contribution in [0.2, 0.25) is 4.34 Å². The summed E-state index contributed by atoms with van der Waals surface area (Å²) in [7, 11) is 0. The lowest BCUT2D eigenvalue weighted by Crippen LogP contribution is -2.49. The minimum atomic E-state index is -0.190. The van der Waals surface area contributed by atoms with Crippen molar-refractivity contribution in [3.63, 3.8) is 0 Å². The zero-order valence-corrected chi connectivity index (χ0v) is 14.1. The summed E-state index contributed by atoms with van der Waals surface area (Å²) < 4.78 is 2.68. The van der Waals surface area contributed by atoms with Crippen molar-refractivity contribution >= 4 is 28.8 Å². The van der Waals surface area contributed by atoms with Crippen LogP contribution in [-0.4, -0.2) is 51.4 Å². The topological polar surface area (TPSA) is 41.4 Å². The lowest BCUT2D eigenvalue weighted by molar-refractivity contribution is -0.136. The molecule has 1 saturated heterocycles. The van der Waals surface area contributed by atoms with Gasteiger partial charge in [-0.3, -0.25) is 9.69 Å². The van der Waals surface area contributed by atoms with Crippen LogP contribution >= 0.6 is 22.9 Å². The third-order valence-corrected chi connectivity index (χ3v) is 5.24. The van der Waals surface area contributed by atoms with Crippen LogP contribution in [0.4, 0.5) is 0 Å². The summed E-state index contributed by atoms with van der Waals surface area (Å²) in [5.41, 5.74) is 0. The first-order valence-corrected chi connectivity index (χ1v) is 8.56. The van der Waals surface area contributed by atoms with E-state index in [1.807, 2.05) is 28.7 Å². The Labute approximate surface area is 139 Å². The van der Waals surface area contributed by atoms with Crippen molar-refractivity contribution < 1.29 is 4.79 Å². The minimum absolute atomic E-state index is 0.164. The van der Waals surface area contributed by atoms with E-state index < -0.39 is 0 Å². The Kier molecular flexibility index (Phi) is 4.81. The van der Waals surface area contributed by atoms with Gasteiger partial charge in [0.05, 0.1) is 10.7 Å². The molecule has 0 spiro atoms. The molecule has 7 heteroatoms. The lowest BCUT2D eigenvalue weighted by atomic mass is 10.2. The molecule has 1 aliphatic heterocycles. The quantitative estimate of drug-likeness (QED) is 0.860. The fourth-order valence-corrected chi connectivity index (χ4v) is 3.80. The number of amides is 1. The van der Waals surface area contributed by atoms with Gasteiger partial charge in [-0.25, -0.2) is 4.98 Å². The fourth-order valence-electron chi connectivity index (χ4n) is 2.67. The van der Waals surface area contributed by atoms with Gasteiger partial charge in [0, 0.05) is 50.0 Å². The van der Waals surface area contributed by atoms with Crippen molar-refractivity contribution in [2.45, 2.75) is 19.5 Å². The third-order valence-electron chi connectivity index (χ3n) is 4.02. The number of hydrogen-bond donors (Lipinski definition) is 0. The molecule has 2 aromatic heterocycles. The molecule has 118 valence electrons.